The van der Waals surface area contributed by atoms with Crippen molar-refractivity contribution in [3.63, 3.8) is 0 Å². The zero-order chi connectivity index (χ0) is 21.9. The van der Waals surface area contributed by atoms with Gasteiger partial charge in [0.1, 0.15) is 5.75 Å². The van der Waals surface area contributed by atoms with Crippen LogP contribution in [0.4, 0.5) is 11.4 Å². The molecule has 4 N–H and O–H groups in total. The van der Waals surface area contributed by atoms with Gasteiger partial charge in [-0.25, -0.2) is 0 Å². The lowest BCUT2D eigenvalue weighted by Crippen LogP contribution is -2.32. The molecular weight excluding hydrogens is 392 g/mol. The van der Waals surface area contributed by atoms with Crippen molar-refractivity contribution < 1.29 is 14.7 Å². The van der Waals surface area contributed by atoms with Crippen molar-refractivity contribution in [3.8, 4) is 5.75 Å². The zero-order valence-corrected chi connectivity index (χ0v) is 17.9. The monoisotopic (exact) mass is 424 g/mol. The molecule has 0 aromatic heterocycles. The van der Waals surface area contributed by atoms with E-state index in [-0.39, 0.29) is 17.6 Å². The quantitative estimate of drug-likeness (QED) is 0.439. The molecule has 0 spiro atoms. The maximum atomic E-state index is 12.3. The van der Waals surface area contributed by atoms with Gasteiger partial charge < -0.3 is 26.0 Å². The summed E-state index contributed by atoms with van der Waals surface area (Å²) in [5.41, 5.74) is 2.39. The van der Waals surface area contributed by atoms with Crippen molar-refractivity contribution in [1.29, 1.82) is 0 Å². The van der Waals surface area contributed by atoms with Crippen LogP contribution in [0.15, 0.2) is 48.5 Å². The Bertz CT molecular complexity index is 848. The molecule has 7 heteroatoms. The highest BCUT2D eigenvalue weighted by Gasteiger charge is 2.12. The third-order valence-electron chi connectivity index (χ3n) is 5.33. The lowest BCUT2D eigenvalue weighted by atomic mass is 10.1. The molecule has 0 bridgehead atoms. The van der Waals surface area contributed by atoms with Gasteiger partial charge in [0.05, 0.1) is 0 Å². The molecule has 0 saturated carbocycles. The number of carbonyl (C=O) groups is 2. The molecule has 1 fully saturated rings. The van der Waals surface area contributed by atoms with Crippen LogP contribution in [0.25, 0.3) is 0 Å². The van der Waals surface area contributed by atoms with E-state index in [2.05, 4.69) is 20.9 Å². The predicted octanol–water partition coefficient (Wildman–Crippen LogP) is 3.33. The molecule has 2 aromatic carbocycles. The van der Waals surface area contributed by atoms with Crippen LogP contribution in [0.5, 0.6) is 5.75 Å². The molecule has 0 atom stereocenters. The zero-order valence-electron chi connectivity index (χ0n) is 17.9. The summed E-state index contributed by atoms with van der Waals surface area (Å²) in [6.07, 6.45) is 4.54. The molecule has 31 heavy (non-hydrogen) atoms. The highest BCUT2D eigenvalue weighted by molar-refractivity contribution is 5.94. The van der Waals surface area contributed by atoms with E-state index in [1.807, 2.05) is 30.3 Å². The molecule has 2 aromatic rings. The molecule has 166 valence electrons. The number of hydrogen-bond acceptors (Lipinski definition) is 5. The van der Waals surface area contributed by atoms with Gasteiger partial charge in [-0.1, -0.05) is 24.6 Å². The SMILES string of the molecule is O=C(CCNCc1ccc(O)cc1)Nc1cccc(NC(=O)CCN2CCCCC2)c1. The topological polar surface area (TPSA) is 93.7 Å². The summed E-state index contributed by atoms with van der Waals surface area (Å²) in [6, 6.07) is 14.2. The molecule has 0 aliphatic carbocycles. The van der Waals surface area contributed by atoms with E-state index >= 15 is 0 Å². The van der Waals surface area contributed by atoms with Crippen molar-refractivity contribution in [3.05, 3.63) is 54.1 Å². The molecule has 1 saturated heterocycles. The maximum absolute atomic E-state index is 12.3. The number of piperidine rings is 1. The summed E-state index contributed by atoms with van der Waals surface area (Å²) < 4.78 is 0. The Morgan fingerprint density at radius 1 is 0.871 bits per heavy atom. The molecule has 0 radical (unpaired) electrons. The van der Waals surface area contributed by atoms with E-state index in [1.165, 1.54) is 19.3 Å². The number of anilines is 2. The number of amides is 2. The van der Waals surface area contributed by atoms with Crippen LogP contribution >= 0.6 is 0 Å². The smallest absolute Gasteiger partial charge is 0.225 e. The lowest BCUT2D eigenvalue weighted by molar-refractivity contribution is -0.117. The Labute approximate surface area is 183 Å². The summed E-state index contributed by atoms with van der Waals surface area (Å²) in [5, 5.41) is 18.3. The van der Waals surface area contributed by atoms with Crippen molar-refractivity contribution >= 4 is 23.2 Å². The van der Waals surface area contributed by atoms with E-state index < -0.39 is 0 Å². The van der Waals surface area contributed by atoms with E-state index in [0.29, 0.717) is 37.3 Å². The summed E-state index contributed by atoms with van der Waals surface area (Å²) in [5.74, 6) is 0.141. The minimum atomic E-state index is -0.0909. The van der Waals surface area contributed by atoms with Crippen LogP contribution in [-0.4, -0.2) is 48.0 Å². The number of benzene rings is 2. The van der Waals surface area contributed by atoms with Crippen LogP contribution in [0.1, 0.15) is 37.7 Å². The van der Waals surface area contributed by atoms with E-state index in [0.717, 1.165) is 25.2 Å². The van der Waals surface area contributed by atoms with Crippen molar-refractivity contribution in [2.24, 2.45) is 0 Å². The molecule has 1 aliphatic heterocycles. The Morgan fingerprint density at radius 2 is 1.52 bits per heavy atom. The van der Waals surface area contributed by atoms with Gasteiger partial charge >= 0.3 is 0 Å². The van der Waals surface area contributed by atoms with Crippen LogP contribution < -0.4 is 16.0 Å². The standard InChI is InChI=1S/C24H32N4O3/c29-22-9-7-19(8-10-22)18-25-13-11-23(30)26-20-5-4-6-21(17-20)27-24(31)12-16-28-14-2-1-3-15-28/h4-10,17,25,29H,1-3,11-16,18H2,(H,26,30)(H,27,31). The average molecular weight is 425 g/mol. The minimum Gasteiger partial charge on any atom is -0.508 e. The highest BCUT2D eigenvalue weighted by atomic mass is 16.3. The van der Waals surface area contributed by atoms with Crippen LogP contribution in [0.3, 0.4) is 0 Å². The van der Waals surface area contributed by atoms with Crippen molar-refractivity contribution in [2.45, 2.75) is 38.6 Å². The van der Waals surface area contributed by atoms with Crippen LogP contribution in [-0.2, 0) is 16.1 Å². The second-order valence-electron chi connectivity index (χ2n) is 7.92. The molecule has 0 unspecified atom stereocenters. The summed E-state index contributed by atoms with van der Waals surface area (Å²) >= 11 is 0. The number of phenolic OH excluding ortho intramolecular Hbond substituents is 1. The van der Waals surface area contributed by atoms with Crippen LogP contribution in [0.2, 0.25) is 0 Å². The van der Waals surface area contributed by atoms with E-state index in [4.69, 9.17) is 0 Å². The Hall–Kier alpha value is -2.90. The van der Waals surface area contributed by atoms with Crippen molar-refractivity contribution in [2.75, 3.05) is 36.8 Å². The summed E-state index contributed by atoms with van der Waals surface area (Å²) in [7, 11) is 0. The third kappa shape index (κ3) is 8.39. The van der Waals surface area contributed by atoms with Gasteiger partial charge in [-0.15, -0.1) is 0 Å². The normalized spacial score (nSPS) is 14.2. The first kappa shape index (κ1) is 22.8. The van der Waals surface area contributed by atoms with Gasteiger partial charge in [-0.3, -0.25) is 9.59 Å². The van der Waals surface area contributed by atoms with Crippen LogP contribution in [0, 0.1) is 0 Å². The number of hydrogen-bond donors (Lipinski definition) is 4. The number of carbonyl (C=O) groups excluding carboxylic acids is 2. The largest absolute Gasteiger partial charge is 0.508 e. The second-order valence-corrected chi connectivity index (χ2v) is 7.92. The summed E-state index contributed by atoms with van der Waals surface area (Å²) in [4.78, 5) is 26.8. The molecule has 1 heterocycles. The fraction of sp³-hybridized carbons (Fsp3) is 0.417. The number of aromatic hydroxyl groups is 1. The minimum absolute atomic E-state index is 0.00696. The Kier molecular flexibility index (Phi) is 8.87. The maximum Gasteiger partial charge on any atom is 0.225 e. The van der Waals surface area contributed by atoms with Crippen molar-refractivity contribution in [1.82, 2.24) is 10.2 Å². The average Bonchev–Trinajstić information content (AvgIpc) is 2.77. The van der Waals surface area contributed by atoms with Gasteiger partial charge in [-0.2, -0.15) is 0 Å². The molecule has 7 nitrogen and oxygen atoms in total. The Balaban J connectivity index is 1.36. The van der Waals surface area contributed by atoms with Gasteiger partial charge in [0.2, 0.25) is 11.8 Å². The fourth-order valence-electron chi connectivity index (χ4n) is 3.61. The Morgan fingerprint density at radius 3 is 2.19 bits per heavy atom. The first-order valence-electron chi connectivity index (χ1n) is 11.0. The third-order valence-corrected chi connectivity index (χ3v) is 5.33. The lowest BCUT2D eigenvalue weighted by Gasteiger charge is -2.25. The fourth-order valence-corrected chi connectivity index (χ4v) is 3.61. The number of phenols is 1. The molecule has 2 amide bonds. The van der Waals surface area contributed by atoms with Gasteiger partial charge in [-0.05, 0) is 61.8 Å². The van der Waals surface area contributed by atoms with E-state index in [1.54, 1.807) is 18.2 Å². The highest BCUT2D eigenvalue weighted by Crippen LogP contribution is 2.16. The second kappa shape index (κ2) is 12.1. The van der Waals surface area contributed by atoms with Gasteiger partial charge in [0, 0.05) is 43.9 Å². The molecule has 1 aliphatic rings. The number of likely N-dealkylation sites (tertiary alicyclic amines) is 1. The number of rotatable bonds is 10. The first-order valence-corrected chi connectivity index (χ1v) is 11.0. The number of nitrogens with one attached hydrogen (secondary N) is 3. The number of nitrogens with zero attached hydrogens (tertiary/aromatic N) is 1. The molecular formula is C24H32N4O3. The van der Waals surface area contributed by atoms with Gasteiger partial charge in [0.15, 0.2) is 0 Å². The first-order chi connectivity index (χ1) is 15.1. The van der Waals surface area contributed by atoms with Gasteiger partial charge in [0.25, 0.3) is 0 Å². The van der Waals surface area contributed by atoms with E-state index in [9.17, 15) is 14.7 Å². The molecule has 3 rings (SSSR count). The summed E-state index contributed by atoms with van der Waals surface area (Å²) in [6.45, 7) is 4.13. The predicted molar refractivity (Wildman–Crippen MR) is 123 cm³/mol.